The molecule has 0 saturated carbocycles. The normalized spacial score (nSPS) is 13.5. The lowest BCUT2D eigenvalue weighted by Gasteiger charge is -2.18. The van der Waals surface area contributed by atoms with E-state index in [-0.39, 0.29) is 50.4 Å². The number of esters is 3. The Kier molecular flexibility index (Phi) is 50.2. The average Bonchev–Trinajstić information content (AvgIpc) is 3.34. The van der Waals surface area contributed by atoms with Crippen LogP contribution in [0.25, 0.3) is 0 Å². The van der Waals surface area contributed by atoms with Gasteiger partial charge in [0.05, 0.1) is 0 Å². The lowest BCUT2D eigenvalue weighted by Crippen LogP contribution is -2.30. The zero-order valence-corrected chi connectivity index (χ0v) is 42.8. The standard InChI is InChI=1S/C62H92O6/c1-4-7-10-13-16-19-22-25-27-29-31-33-34-37-40-43-46-49-52-55-61(64)67-58-59(57-66-60(63)54-51-48-45-42-39-36-24-21-18-15-12-9-6-3)68-62(65)56-53-50-47-44-41-38-35-32-30-28-26-23-20-17-14-11-8-5-2/h7,10-11,13-14,16-17,19-20,22-23,25-37,39-40,45,48,59H,4-6,8-9,12,15,18,21,24,38,41-44,46-47,49-58H2,1-3H3/b10-7-,14-11-,16-13-,20-17-,22-19-,26-23-,27-25-,30-28-,31-29+,34-33-,35-32-,39-36-,40-37-,48-45-. The largest absolute Gasteiger partial charge is 0.462 e. The van der Waals surface area contributed by atoms with Crippen LogP contribution in [0.4, 0.5) is 0 Å². The van der Waals surface area contributed by atoms with Crippen LogP contribution in [0.5, 0.6) is 0 Å². The molecule has 0 aromatic carbocycles. The summed E-state index contributed by atoms with van der Waals surface area (Å²) in [6.07, 6.45) is 80.5. The highest BCUT2D eigenvalue weighted by Crippen LogP contribution is 2.12. The number of hydrogen-bond acceptors (Lipinski definition) is 6. The van der Waals surface area contributed by atoms with Crippen molar-refractivity contribution < 1.29 is 28.6 Å². The molecule has 68 heavy (non-hydrogen) atoms. The second-order valence-corrected chi connectivity index (χ2v) is 16.6. The Morgan fingerprint density at radius 3 is 1.18 bits per heavy atom. The van der Waals surface area contributed by atoms with Crippen LogP contribution >= 0.6 is 0 Å². The summed E-state index contributed by atoms with van der Waals surface area (Å²) in [6, 6.07) is 0. The molecule has 0 spiro atoms. The van der Waals surface area contributed by atoms with Crippen molar-refractivity contribution in [2.45, 2.75) is 187 Å². The number of ether oxygens (including phenoxy) is 3. The Morgan fingerprint density at radius 1 is 0.324 bits per heavy atom. The zero-order chi connectivity index (χ0) is 49.3. The zero-order valence-electron chi connectivity index (χ0n) is 42.8. The predicted octanol–water partition coefficient (Wildman–Crippen LogP) is 17.6. The van der Waals surface area contributed by atoms with Gasteiger partial charge in [0.15, 0.2) is 6.10 Å². The van der Waals surface area contributed by atoms with Crippen molar-refractivity contribution in [1.29, 1.82) is 0 Å². The molecular weight excluding hydrogens is 841 g/mol. The molecule has 0 aliphatic carbocycles. The monoisotopic (exact) mass is 933 g/mol. The molecule has 0 bridgehead atoms. The van der Waals surface area contributed by atoms with E-state index < -0.39 is 6.10 Å². The van der Waals surface area contributed by atoms with Gasteiger partial charge in [0.1, 0.15) is 13.2 Å². The summed E-state index contributed by atoms with van der Waals surface area (Å²) < 4.78 is 16.7. The summed E-state index contributed by atoms with van der Waals surface area (Å²) in [6.45, 7) is 6.25. The van der Waals surface area contributed by atoms with Crippen LogP contribution in [0.3, 0.4) is 0 Å². The topological polar surface area (TPSA) is 78.9 Å². The van der Waals surface area contributed by atoms with Crippen LogP contribution < -0.4 is 0 Å². The predicted molar refractivity (Wildman–Crippen MR) is 292 cm³/mol. The number of carbonyl (C=O) groups is 3. The average molecular weight is 933 g/mol. The summed E-state index contributed by atoms with van der Waals surface area (Å²) in [5.74, 6) is -1.09. The molecule has 376 valence electrons. The SMILES string of the molecule is CC\C=C/C=C\C=C/C=C\C=C\C=C/C=C\CCCCCC(=O)OCC(COC(=O)CC/C=C\C/C=C\CCCCCCCC)OC(=O)CCCCCCC\C=C/C=C\C=C/C=C\C=C/CCC. The summed E-state index contributed by atoms with van der Waals surface area (Å²) in [5, 5.41) is 0. The highest BCUT2D eigenvalue weighted by Gasteiger charge is 2.19. The molecule has 0 saturated heterocycles. The maximum absolute atomic E-state index is 12.8. The first-order chi connectivity index (χ1) is 33.5. The molecule has 0 aliphatic rings. The fourth-order valence-corrected chi connectivity index (χ4v) is 6.33. The Morgan fingerprint density at radius 2 is 0.691 bits per heavy atom. The minimum Gasteiger partial charge on any atom is -0.462 e. The number of carbonyl (C=O) groups excluding carboxylic acids is 3. The third-order valence-electron chi connectivity index (χ3n) is 10.2. The molecule has 0 aliphatic heterocycles. The number of rotatable bonds is 44. The Bertz CT molecular complexity index is 1640. The quantitative estimate of drug-likeness (QED) is 0.0199. The van der Waals surface area contributed by atoms with E-state index in [2.05, 4.69) is 75.5 Å². The molecule has 0 aromatic rings. The molecule has 6 heteroatoms. The van der Waals surface area contributed by atoms with E-state index in [1.165, 1.54) is 44.9 Å². The first kappa shape index (κ1) is 62.8. The molecule has 6 nitrogen and oxygen atoms in total. The lowest BCUT2D eigenvalue weighted by molar-refractivity contribution is -0.166. The van der Waals surface area contributed by atoms with Gasteiger partial charge in [-0.1, -0.05) is 255 Å². The fourth-order valence-electron chi connectivity index (χ4n) is 6.33. The summed E-state index contributed by atoms with van der Waals surface area (Å²) in [7, 11) is 0. The van der Waals surface area contributed by atoms with Gasteiger partial charge in [0, 0.05) is 19.3 Å². The van der Waals surface area contributed by atoms with Crippen molar-refractivity contribution in [2.75, 3.05) is 13.2 Å². The third-order valence-corrected chi connectivity index (χ3v) is 10.2. The van der Waals surface area contributed by atoms with Crippen LogP contribution in [-0.4, -0.2) is 37.2 Å². The number of allylic oxidation sites excluding steroid dienone is 28. The fraction of sp³-hybridized carbons (Fsp3) is 0.500. The molecule has 1 atom stereocenters. The molecule has 0 fully saturated rings. The summed E-state index contributed by atoms with van der Waals surface area (Å²) in [4.78, 5) is 38.0. The summed E-state index contributed by atoms with van der Waals surface area (Å²) >= 11 is 0. The first-order valence-corrected chi connectivity index (χ1v) is 26.3. The Labute approximate surface area is 415 Å². The van der Waals surface area contributed by atoms with Gasteiger partial charge >= 0.3 is 17.9 Å². The van der Waals surface area contributed by atoms with Crippen LogP contribution in [0, 0.1) is 0 Å². The number of unbranched alkanes of at least 4 members (excludes halogenated alkanes) is 15. The second kappa shape index (κ2) is 54.4. The number of hydrogen-bond donors (Lipinski definition) is 0. The van der Waals surface area contributed by atoms with Crippen molar-refractivity contribution in [2.24, 2.45) is 0 Å². The van der Waals surface area contributed by atoms with Gasteiger partial charge in [-0.3, -0.25) is 14.4 Å². The second-order valence-electron chi connectivity index (χ2n) is 16.6. The molecule has 0 rings (SSSR count). The lowest BCUT2D eigenvalue weighted by atomic mass is 10.1. The molecule has 0 heterocycles. The van der Waals surface area contributed by atoms with Crippen molar-refractivity contribution in [3.05, 3.63) is 170 Å². The van der Waals surface area contributed by atoms with Crippen LogP contribution in [0.1, 0.15) is 181 Å². The van der Waals surface area contributed by atoms with Crippen LogP contribution in [0.2, 0.25) is 0 Å². The molecule has 0 N–H and O–H groups in total. The molecular formula is C62H92O6. The van der Waals surface area contributed by atoms with Crippen molar-refractivity contribution >= 4 is 17.9 Å². The molecule has 0 radical (unpaired) electrons. The van der Waals surface area contributed by atoms with Gasteiger partial charge in [0.25, 0.3) is 0 Å². The third kappa shape index (κ3) is 51.7. The minimum atomic E-state index is -0.843. The van der Waals surface area contributed by atoms with Crippen LogP contribution in [0.15, 0.2) is 170 Å². The van der Waals surface area contributed by atoms with E-state index in [1.54, 1.807) is 0 Å². The molecule has 0 aromatic heterocycles. The highest BCUT2D eigenvalue weighted by atomic mass is 16.6. The van der Waals surface area contributed by atoms with E-state index in [4.69, 9.17) is 14.2 Å². The van der Waals surface area contributed by atoms with Gasteiger partial charge < -0.3 is 14.2 Å². The van der Waals surface area contributed by atoms with Gasteiger partial charge in [-0.25, -0.2) is 0 Å². The Balaban J connectivity index is 4.65. The van der Waals surface area contributed by atoms with Gasteiger partial charge in [-0.2, -0.15) is 0 Å². The van der Waals surface area contributed by atoms with Crippen molar-refractivity contribution in [1.82, 2.24) is 0 Å². The maximum Gasteiger partial charge on any atom is 0.306 e. The van der Waals surface area contributed by atoms with Gasteiger partial charge in [0.2, 0.25) is 0 Å². The smallest absolute Gasteiger partial charge is 0.306 e. The van der Waals surface area contributed by atoms with Crippen molar-refractivity contribution in [3.63, 3.8) is 0 Å². The van der Waals surface area contributed by atoms with Crippen LogP contribution in [-0.2, 0) is 28.6 Å². The minimum absolute atomic E-state index is 0.139. The van der Waals surface area contributed by atoms with E-state index in [9.17, 15) is 14.4 Å². The highest BCUT2D eigenvalue weighted by molar-refractivity contribution is 5.71. The van der Waals surface area contributed by atoms with E-state index in [1.807, 2.05) is 115 Å². The first-order valence-electron chi connectivity index (χ1n) is 26.3. The van der Waals surface area contributed by atoms with E-state index in [0.717, 1.165) is 77.0 Å². The Hall–Kier alpha value is -5.23. The van der Waals surface area contributed by atoms with Gasteiger partial charge in [-0.15, -0.1) is 0 Å². The molecule has 0 amide bonds. The van der Waals surface area contributed by atoms with Gasteiger partial charge in [-0.05, 0) is 77.0 Å². The van der Waals surface area contributed by atoms with E-state index >= 15 is 0 Å². The van der Waals surface area contributed by atoms with Crippen molar-refractivity contribution in [3.8, 4) is 0 Å². The molecule has 1 unspecified atom stereocenters. The summed E-state index contributed by atoms with van der Waals surface area (Å²) in [5.41, 5.74) is 0. The van der Waals surface area contributed by atoms with E-state index in [0.29, 0.717) is 19.3 Å². The maximum atomic E-state index is 12.8.